The zero-order valence-electron chi connectivity index (χ0n) is 16.4. The minimum Gasteiger partial charge on any atom is -0.507 e. The highest BCUT2D eigenvalue weighted by molar-refractivity contribution is 6.08. The molecule has 0 fully saturated rings. The lowest BCUT2D eigenvalue weighted by Crippen LogP contribution is -1.96. The Bertz CT molecular complexity index is 851. The van der Waals surface area contributed by atoms with Crippen LogP contribution in [-0.2, 0) is 6.42 Å². The van der Waals surface area contributed by atoms with E-state index in [0.717, 1.165) is 30.4 Å². The number of phenolic OH excluding ortho intramolecular Hbond substituents is 1. The zero-order valence-corrected chi connectivity index (χ0v) is 16.4. The van der Waals surface area contributed by atoms with Gasteiger partial charge in [-0.1, -0.05) is 65.8 Å². The van der Waals surface area contributed by atoms with Gasteiger partial charge in [0.1, 0.15) is 5.75 Å². The predicted octanol–water partition coefficient (Wildman–Crippen LogP) is 6.52. The zero-order chi connectivity index (χ0) is 19.6. The van der Waals surface area contributed by atoms with Gasteiger partial charge in [-0.05, 0) is 69.4 Å². The van der Waals surface area contributed by atoms with Crippen molar-refractivity contribution < 1.29 is 9.90 Å². The van der Waals surface area contributed by atoms with E-state index in [9.17, 15) is 9.90 Å². The normalized spacial score (nSPS) is 11.6. The molecule has 2 nitrogen and oxygen atoms in total. The van der Waals surface area contributed by atoms with E-state index in [1.807, 2.05) is 36.4 Å². The van der Waals surface area contributed by atoms with E-state index in [0.29, 0.717) is 5.56 Å². The molecular formula is C25H28O2. The molecule has 0 saturated carbocycles. The quantitative estimate of drug-likeness (QED) is 0.330. The topological polar surface area (TPSA) is 37.3 Å². The molecule has 0 spiro atoms. The predicted molar refractivity (Wildman–Crippen MR) is 114 cm³/mol. The van der Waals surface area contributed by atoms with Crippen molar-refractivity contribution in [2.24, 2.45) is 0 Å². The molecule has 2 aromatic rings. The molecule has 2 heteroatoms. The molecule has 0 unspecified atom stereocenters. The third-order valence-corrected chi connectivity index (χ3v) is 4.33. The number of hydrogen-bond donors (Lipinski definition) is 1. The molecule has 0 atom stereocenters. The van der Waals surface area contributed by atoms with Gasteiger partial charge in [-0.3, -0.25) is 4.79 Å². The first-order valence-corrected chi connectivity index (χ1v) is 9.34. The minimum atomic E-state index is -0.198. The highest BCUT2D eigenvalue weighted by Crippen LogP contribution is 2.21. The van der Waals surface area contributed by atoms with Crippen LogP contribution in [0.15, 0.2) is 77.9 Å². The highest BCUT2D eigenvalue weighted by Gasteiger charge is 2.08. The van der Waals surface area contributed by atoms with Crippen LogP contribution in [0.3, 0.4) is 0 Å². The third-order valence-electron chi connectivity index (χ3n) is 4.33. The van der Waals surface area contributed by atoms with Gasteiger partial charge in [-0.25, -0.2) is 0 Å². The fourth-order valence-electron chi connectivity index (χ4n) is 2.72. The average Bonchev–Trinajstić information content (AvgIpc) is 2.65. The van der Waals surface area contributed by atoms with Crippen molar-refractivity contribution in [1.29, 1.82) is 0 Å². The second-order valence-electron chi connectivity index (χ2n) is 7.03. The standard InChI is InChI=1S/C25H28O2/c1-19(2)8-7-9-20(3)12-13-22-14-16-23(25(27)18-22)24(26)17-15-21-10-5-4-6-11-21/h4-6,8,10-12,14-18,27H,7,9,13H2,1-3H3/b17-15?,20-12+. The molecule has 0 aromatic heterocycles. The Kier molecular flexibility index (Phi) is 7.81. The molecule has 2 aromatic carbocycles. The Balaban J connectivity index is 1.99. The lowest BCUT2D eigenvalue weighted by Gasteiger charge is -2.05. The van der Waals surface area contributed by atoms with Crippen LogP contribution in [0.25, 0.3) is 6.08 Å². The smallest absolute Gasteiger partial charge is 0.189 e. The third kappa shape index (κ3) is 7.10. The van der Waals surface area contributed by atoms with Crippen molar-refractivity contribution in [2.45, 2.75) is 40.0 Å². The van der Waals surface area contributed by atoms with Crippen molar-refractivity contribution in [1.82, 2.24) is 0 Å². The number of rotatable bonds is 8. The minimum absolute atomic E-state index is 0.0332. The molecule has 0 amide bonds. The van der Waals surface area contributed by atoms with E-state index in [1.54, 1.807) is 18.2 Å². The molecule has 0 bridgehead atoms. The van der Waals surface area contributed by atoms with E-state index in [4.69, 9.17) is 0 Å². The second kappa shape index (κ2) is 10.3. The van der Waals surface area contributed by atoms with Crippen molar-refractivity contribution in [3.05, 3.63) is 94.6 Å². The first kappa shape index (κ1) is 20.4. The number of carbonyl (C=O) groups is 1. The Morgan fingerprint density at radius 2 is 1.74 bits per heavy atom. The molecule has 2 rings (SSSR count). The molecule has 140 valence electrons. The number of hydrogen-bond acceptors (Lipinski definition) is 2. The van der Waals surface area contributed by atoms with Crippen molar-refractivity contribution >= 4 is 11.9 Å². The number of benzene rings is 2. The summed E-state index contributed by atoms with van der Waals surface area (Å²) in [5, 5.41) is 10.2. The molecular weight excluding hydrogens is 332 g/mol. The fourth-order valence-corrected chi connectivity index (χ4v) is 2.72. The van der Waals surface area contributed by atoms with E-state index in [1.165, 1.54) is 17.2 Å². The summed E-state index contributed by atoms with van der Waals surface area (Å²) in [6, 6.07) is 14.9. The van der Waals surface area contributed by atoms with E-state index >= 15 is 0 Å². The Morgan fingerprint density at radius 1 is 1.00 bits per heavy atom. The van der Waals surface area contributed by atoms with Gasteiger partial charge >= 0.3 is 0 Å². The Labute approximate surface area is 162 Å². The monoisotopic (exact) mass is 360 g/mol. The summed E-state index contributed by atoms with van der Waals surface area (Å²) in [6.07, 6.45) is 10.5. The van der Waals surface area contributed by atoms with Crippen molar-refractivity contribution in [3.8, 4) is 5.75 Å². The number of allylic oxidation sites excluding steroid dienone is 5. The van der Waals surface area contributed by atoms with Crippen LogP contribution in [0, 0.1) is 0 Å². The van der Waals surface area contributed by atoms with Crippen molar-refractivity contribution in [2.75, 3.05) is 0 Å². The van der Waals surface area contributed by atoms with Crippen LogP contribution in [0.4, 0.5) is 0 Å². The molecule has 0 heterocycles. The maximum atomic E-state index is 12.3. The number of carbonyl (C=O) groups excluding carboxylic acids is 1. The second-order valence-corrected chi connectivity index (χ2v) is 7.03. The first-order valence-electron chi connectivity index (χ1n) is 9.34. The van der Waals surface area contributed by atoms with Gasteiger partial charge in [-0.2, -0.15) is 0 Å². The van der Waals surface area contributed by atoms with Crippen LogP contribution in [0.5, 0.6) is 5.75 Å². The molecule has 1 N–H and O–H groups in total. The van der Waals surface area contributed by atoms with E-state index < -0.39 is 0 Å². The summed E-state index contributed by atoms with van der Waals surface area (Å²) in [7, 11) is 0. The maximum absolute atomic E-state index is 12.3. The van der Waals surface area contributed by atoms with Crippen LogP contribution in [0.2, 0.25) is 0 Å². The summed E-state index contributed by atoms with van der Waals surface area (Å²) < 4.78 is 0. The van der Waals surface area contributed by atoms with Crippen molar-refractivity contribution in [3.63, 3.8) is 0 Å². The molecule has 0 aliphatic rings. The van der Waals surface area contributed by atoms with Gasteiger partial charge in [-0.15, -0.1) is 0 Å². The summed E-state index contributed by atoms with van der Waals surface area (Å²) in [4.78, 5) is 12.3. The average molecular weight is 360 g/mol. The largest absolute Gasteiger partial charge is 0.507 e. The first-order chi connectivity index (χ1) is 13.0. The Morgan fingerprint density at radius 3 is 2.41 bits per heavy atom. The van der Waals surface area contributed by atoms with Crippen LogP contribution in [-0.4, -0.2) is 10.9 Å². The van der Waals surface area contributed by atoms with Gasteiger partial charge in [0.2, 0.25) is 0 Å². The Hall–Kier alpha value is -2.87. The lowest BCUT2D eigenvalue weighted by molar-refractivity contribution is 0.104. The van der Waals surface area contributed by atoms with Crippen LogP contribution < -0.4 is 0 Å². The van der Waals surface area contributed by atoms with Gasteiger partial charge in [0.15, 0.2) is 5.78 Å². The summed E-state index contributed by atoms with van der Waals surface area (Å²) in [6.45, 7) is 6.35. The van der Waals surface area contributed by atoms with Gasteiger partial charge in [0, 0.05) is 0 Å². The van der Waals surface area contributed by atoms with Gasteiger partial charge in [0.05, 0.1) is 5.56 Å². The van der Waals surface area contributed by atoms with E-state index in [2.05, 4.69) is 32.9 Å². The highest BCUT2D eigenvalue weighted by atomic mass is 16.3. The maximum Gasteiger partial charge on any atom is 0.189 e. The summed E-state index contributed by atoms with van der Waals surface area (Å²) >= 11 is 0. The lowest BCUT2D eigenvalue weighted by atomic mass is 10.0. The number of phenols is 1. The molecule has 0 saturated heterocycles. The van der Waals surface area contributed by atoms with Gasteiger partial charge in [0.25, 0.3) is 0 Å². The number of aromatic hydroxyl groups is 1. The van der Waals surface area contributed by atoms with E-state index in [-0.39, 0.29) is 11.5 Å². The SMILES string of the molecule is CC(C)=CCC/C(C)=C/Cc1ccc(C(=O)C=Cc2ccccc2)c(O)c1. The van der Waals surface area contributed by atoms with Crippen LogP contribution in [0.1, 0.15) is 55.1 Å². The molecule has 0 aliphatic heterocycles. The van der Waals surface area contributed by atoms with Crippen LogP contribution >= 0.6 is 0 Å². The molecule has 0 aliphatic carbocycles. The fraction of sp³-hybridized carbons (Fsp3) is 0.240. The molecule has 27 heavy (non-hydrogen) atoms. The molecule has 0 radical (unpaired) electrons. The summed E-state index contributed by atoms with van der Waals surface area (Å²) in [5.74, 6) is -0.165. The van der Waals surface area contributed by atoms with Gasteiger partial charge < -0.3 is 5.11 Å². The number of ketones is 1. The summed E-state index contributed by atoms with van der Waals surface area (Å²) in [5.41, 5.74) is 4.95.